The van der Waals surface area contributed by atoms with Crippen molar-refractivity contribution in [1.29, 1.82) is 0 Å². The zero-order chi connectivity index (χ0) is 12.3. The molecule has 0 radical (unpaired) electrons. The van der Waals surface area contributed by atoms with Crippen LogP contribution in [-0.2, 0) is 16.1 Å². The fourth-order valence-electron chi connectivity index (χ4n) is 2.17. The standard InChI is InChI=1S/C13H18N2O2/c1-15(9-11-4-3-7-14-8-11)10-13(5-6-13)12(16)17-2/h3-4,7-8H,5-6,9-10H2,1-2H3. The number of ether oxygens (including phenoxy) is 1. The van der Waals surface area contributed by atoms with Crippen LogP contribution in [0.15, 0.2) is 24.5 Å². The van der Waals surface area contributed by atoms with Crippen LogP contribution in [-0.4, -0.2) is 36.6 Å². The van der Waals surface area contributed by atoms with Crippen molar-refractivity contribution in [2.75, 3.05) is 20.7 Å². The van der Waals surface area contributed by atoms with Gasteiger partial charge in [0.15, 0.2) is 0 Å². The summed E-state index contributed by atoms with van der Waals surface area (Å²) in [6, 6.07) is 3.97. The van der Waals surface area contributed by atoms with Crippen molar-refractivity contribution in [3.8, 4) is 0 Å². The molecule has 17 heavy (non-hydrogen) atoms. The van der Waals surface area contributed by atoms with Gasteiger partial charge in [0.1, 0.15) is 0 Å². The quantitative estimate of drug-likeness (QED) is 0.723. The topological polar surface area (TPSA) is 42.4 Å². The van der Waals surface area contributed by atoms with Gasteiger partial charge in [0, 0.05) is 25.5 Å². The first-order valence-corrected chi connectivity index (χ1v) is 5.82. The van der Waals surface area contributed by atoms with E-state index in [2.05, 4.69) is 9.88 Å². The van der Waals surface area contributed by atoms with Gasteiger partial charge in [-0.2, -0.15) is 0 Å². The van der Waals surface area contributed by atoms with Gasteiger partial charge in [-0.3, -0.25) is 9.78 Å². The van der Waals surface area contributed by atoms with E-state index in [1.54, 1.807) is 6.20 Å². The molecule has 1 fully saturated rings. The summed E-state index contributed by atoms with van der Waals surface area (Å²) >= 11 is 0. The molecule has 0 aromatic carbocycles. The van der Waals surface area contributed by atoms with Crippen LogP contribution in [0.4, 0.5) is 0 Å². The maximum atomic E-state index is 11.6. The van der Waals surface area contributed by atoms with Crippen LogP contribution in [0.25, 0.3) is 0 Å². The SMILES string of the molecule is COC(=O)C1(CN(C)Cc2cccnc2)CC1. The average molecular weight is 234 g/mol. The molecule has 0 unspecified atom stereocenters. The molecule has 0 aliphatic heterocycles. The Bertz CT molecular complexity index is 388. The molecule has 0 spiro atoms. The van der Waals surface area contributed by atoms with Crippen molar-refractivity contribution < 1.29 is 9.53 Å². The number of hydrogen-bond donors (Lipinski definition) is 0. The second-order valence-corrected chi connectivity index (χ2v) is 4.81. The highest BCUT2D eigenvalue weighted by Crippen LogP contribution is 2.47. The molecular weight excluding hydrogens is 216 g/mol. The van der Waals surface area contributed by atoms with Crippen LogP contribution in [0, 0.1) is 5.41 Å². The molecule has 1 aromatic heterocycles. The highest BCUT2D eigenvalue weighted by Gasteiger charge is 2.51. The Morgan fingerprint density at radius 3 is 2.88 bits per heavy atom. The minimum absolute atomic E-state index is 0.0736. The van der Waals surface area contributed by atoms with Crippen LogP contribution in [0.5, 0.6) is 0 Å². The molecular formula is C13H18N2O2. The molecule has 1 saturated carbocycles. The van der Waals surface area contributed by atoms with Gasteiger partial charge in [0.25, 0.3) is 0 Å². The molecule has 0 N–H and O–H groups in total. The minimum atomic E-state index is -0.244. The number of esters is 1. The Morgan fingerprint density at radius 1 is 1.59 bits per heavy atom. The van der Waals surface area contributed by atoms with E-state index in [9.17, 15) is 4.79 Å². The molecule has 4 nitrogen and oxygen atoms in total. The zero-order valence-electron chi connectivity index (χ0n) is 10.3. The Kier molecular flexibility index (Phi) is 3.43. The van der Waals surface area contributed by atoms with E-state index in [1.807, 2.05) is 25.4 Å². The van der Waals surface area contributed by atoms with Crippen LogP contribution in [0.3, 0.4) is 0 Å². The van der Waals surface area contributed by atoms with E-state index in [4.69, 9.17) is 4.74 Å². The lowest BCUT2D eigenvalue weighted by Gasteiger charge is -2.21. The number of methoxy groups -OCH3 is 1. The molecule has 0 saturated heterocycles. The van der Waals surface area contributed by atoms with Gasteiger partial charge in [-0.1, -0.05) is 6.07 Å². The van der Waals surface area contributed by atoms with Gasteiger partial charge in [-0.05, 0) is 31.5 Å². The largest absolute Gasteiger partial charge is 0.469 e. The number of rotatable bonds is 5. The summed E-state index contributed by atoms with van der Waals surface area (Å²) in [4.78, 5) is 17.9. The van der Waals surface area contributed by atoms with Gasteiger partial charge < -0.3 is 9.64 Å². The number of pyridine rings is 1. The van der Waals surface area contributed by atoms with Gasteiger partial charge in [-0.25, -0.2) is 0 Å². The van der Waals surface area contributed by atoms with E-state index in [0.717, 1.165) is 31.5 Å². The number of carbonyl (C=O) groups is 1. The summed E-state index contributed by atoms with van der Waals surface area (Å²) in [5.74, 6) is -0.0736. The van der Waals surface area contributed by atoms with Crippen LogP contribution < -0.4 is 0 Å². The summed E-state index contributed by atoms with van der Waals surface area (Å²) in [5.41, 5.74) is 0.918. The third-order valence-corrected chi connectivity index (χ3v) is 3.22. The Morgan fingerprint density at radius 2 is 2.35 bits per heavy atom. The van der Waals surface area contributed by atoms with Crippen LogP contribution in [0.2, 0.25) is 0 Å². The lowest BCUT2D eigenvalue weighted by molar-refractivity contribution is -0.147. The molecule has 1 aliphatic carbocycles. The smallest absolute Gasteiger partial charge is 0.313 e. The van der Waals surface area contributed by atoms with Gasteiger partial charge in [-0.15, -0.1) is 0 Å². The Balaban J connectivity index is 1.90. The highest BCUT2D eigenvalue weighted by molar-refractivity contribution is 5.80. The first-order chi connectivity index (χ1) is 8.16. The van der Waals surface area contributed by atoms with Crippen molar-refractivity contribution in [3.05, 3.63) is 30.1 Å². The van der Waals surface area contributed by atoms with Crippen molar-refractivity contribution in [2.24, 2.45) is 5.41 Å². The third kappa shape index (κ3) is 2.82. The minimum Gasteiger partial charge on any atom is -0.469 e. The molecule has 4 heteroatoms. The lowest BCUT2D eigenvalue weighted by Crippen LogP contribution is -2.32. The van der Waals surface area contributed by atoms with Crippen molar-refractivity contribution >= 4 is 5.97 Å². The normalized spacial score (nSPS) is 16.9. The van der Waals surface area contributed by atoms with E-state index in [-0.39, 0.29) is 11.4 Å². The summed E-state index contributed by atoms with van der Waals surface area (Å²) in [7, 11) is 3.49. The fraction of sp³-hybridized carbons (Fsp3) is 0.538. The molecule has 0 amide bonds. The number of nitrogens with zero attached hydrogens (tertiary/aromatic N) is 2. The molecule has 0 bridgehead atoms. The van der Waals surface area contributed by atoms with Gasteiger partial charge in [0.2, 0.25) is 0 Å². The summed E-state index contributed by atoms with van der Waals surface area (Å²) < 4.78 is 4.85. The summed E-state index contributed by atoms with van der Waals surface area (Å²) in [6.45, 7) is 1.57. The van der Waals surface area contributed by atoms with Crippen molar-refractivity contribution in [3.63, 3.8) is 0 Å². The van der Waals surface area contributed by atoms with Gasteiger partial charge in [0.05, 0.1) is 12.5 Å². The predicted molar refractivity (Wildman–Crippen MR) is 64.3 cm³/mol. The summed E-state index contributed by atoms with van der Waals surface area (Å²) in [5, 5.41) is 0. The molecule has 1 aromatic rings. The Labute approximate surface area is 102 Å². The second kappa shape index (κ2) is 4.84. The first-order valence-electron chi connectivity index (χ1n) is 5.82. The second-order valence-electron chi connectivity index (χ2n) is 4.81. The van der Waals surface area contributed by atoms with Crippen molar-refractivity contribution in [1.82, 2.24) is 9.88 Å². The third-order valence-electron chi connectivity index (χ3n) is 3.22. The van der Waals surface area contributed by atoms with E-state index in [0.29, 0.717) is 0 Å². The molecule has 2 rings (SSSR count). The van der Waals surface area contributed by atoms with E-state index in [1.165, 1.54) is 7.11 Å². The van der Waals surface area contributed by atoms with E-state index < -0.39 is 0 Å². The molecule has 1 aliphatic rings. The van der Waals surface area contributed by atoms with Gasteiger partial charge >= 0.3 is 5.97 Å². The van der Waals surface area contributed by atoms with Crippen LogP contribution in [0.1, 0.15) is 18.4 Å². The molecule has 0 atom stereocenters. The number of hydrogen-bond acceptors (Lipinski definition) is 4. The maximum Gasteiger partial charge on any atom is 0.313 e. The first kappa shape index (κ1) is 12.0. The average Bonchev–Trinajstić information content (AvgIpc) is 3.10. The Hall–Kier alpha value is -1.42. The number of aromatic nitrogens is 1. The van der Waals surface area contributed by atoms with Crippen LogP contribution >= 0.6 is 0 Å². The summed E-state index contributed by atoms with van der Waals surface area (Å²) in [6.07, 6.45) is 5.50. The fourth-order valence-corrected chi connectivity index (χ4v) is 2.17. The number of carbonyl (C=O) groups excluding carboxylic acids is 1. The predicted octanol–water partition coefficient (Wildman–Crippen LogP) is 1.47. The lowest BCUT2D eigenvalue weighted by atomic mass is 10.1. The van der Waals surface area contributed by atoms with E-state index >= 15 is 0 Å². The zero-order valence-corrected chi connectivity index (χ0v) is 10.3. The maximum absolute atomic E-state index is 11.6. The van der Waals surface area contributed by atoms with Crippen molar-refractivity contribution in [2.45, 2.75) is 19.4 Å². The highest BCUT2D eigenvalue weighted by atomic mass is 16.5. The molecule has 92 valence electrons. The molecule has 1 heterocycles. The monoisotopic (exact) mass is 234 g/mol.